The first kappa shape index (κ1) is 19.5. The number of nitrogens with zero attached hydrogens (tertiary/aromatic N) is 1. The van der Waals surface area contributed by atoms with E-state index in [1.165, 1.54) is 11.4 Å². The summed E-state index contributed by atoms with van der Waals surface area (Å²) < 4.78 is 24.1. The van der Waals surface area contributed by atoms with Crippen LogP contribution in [0.4, 0.5) is 0 Å². The molecule has 19 heavy (non-hydrogen) atoms. The standard InChI is InChI=1S/C13H30NO3PS/c1-12(2,3)11-16-18(15,17-13(4,5)6)19-10-9-14(7)8/h9-11H2,1-8H3. The Morgan fingerprint density at radius 2 is 1.63 bits per heavy atom. The normalized spacial score (nSPS) is 16.7. The van der Waals surface area contributed by atoms with Gasteiger partial charge >= 0.3 is 6.80 Å². The smallest absolute Gasteiger partial charge is 0.309 e. The van der Waals surface area contributed by atoms with E-state index in [0.29, 0.717) is 6.61 Å². The molecule has 0 aromatic rings. The van der Waals surface area contributed by atoms with Crippen LogP contribution >= 0.6 is 18.2 Å². The summed E-state index contributed by atoms with van der Waals surface area (Å²) in [5, 5.41) is 0. The van der Waals surface area contributed by atoms with Crippen LogP contribution in [-0.4, -0.2) is 43.5 Å². The molecule has 1 atom stereocenters. The summed E-state index contributed by atoms with van der Waals surface area (Å²) in [7, 11) is 3.98. The molecule has 0 aliphatic carbocycles. The molecule has 0 rings (SSSR count). The lowest BCUT2D eigenvalue weighted by atomic mass is 9.99. The third-order valence-corrected chi connectivity index (χ3v) is 5.76. The van der Waals surface area contributed by atoms with Crippen molar-refractivity contribution in [2.45, 2.75) is 47.1 Å². The highest BCUT2D eigenvalue weighted by Crippen LogP contribution is 2.63. The maximum absolute atomic E-state index is 12.8. The predicted octanol–water partition coefficient (Wildman–Crippen LogP) is 4.27. The van der Waals surface area contributed by atoms with E-state index in [0.717, 1.165) is 12.3 Å². The van der Waals surface area contributed by atoms with Crippen LogP contribution < -0.4 is 0 Å². The fraction of sp³-hybridized carbons (Fsp3) is 1.00. The first-order chi connectivity index (χ1) is 8.33. The zero-order valence-electron chi connectivity index (χ0n) is 13.6. The molecule has 0 saturated carbocycles. The molecule has 6 heteroatoms. The molecule has 0 aliphatic heterocycles. The van der Waals surface area contributed by atoms with Gasteiger partial charge in [-0.15, -0.1) is 0 Å². The monoisotopic (exact) mass is 311 g/mol. The number of hydrogen-bond donors (Lipinski definition) is 0. The fourth-order valence-corrected chi connectivity index (χ4v) is 5.23. The molecule has 4 nitrogen and oxygen atoms in total. The Morgan fingerprint density at radius 1 is 1.11 bits per heavy atom. The lowest BCUT2D eigenvalue weighted by Crippen LogP contribution is -2.21. The molecular formula is C13H30NO3PS. The van der Waals surface area contributed by atoms with Gasteiger partial charge in [0.1, 0.15) is 0 Å². The van der Waals surface area contributed by atoms with Gasteiger partial charge < -0.3 is 9.42 Å². The Bertz CT molecular complexity index is 308. The Balaban J connectivity index is 4.59. The van der Waals surface area contributed by atoms with Gasteiger partial charge in [-0.1, -0.05) is 20.8 Å². The van der Waals surface area contributed by atoms with Crippen molar-refractivity contribution in [2.24, 2.45) is 5.41 Å². The molecule has 0 bridgehead atoms. The van der Waals surface area contributed by atoms with Gasteiger partial charge in [0.15, 0.2) is 0 Å². The highest BCUT2D eigenvalue weighted by molar-refractivity contribution is 8.55. The van der Waals surface area contributed by atoms with E-state index in [-0.39, 0.29) is 5.41 Å². The summed E-state index contributed by atoms with van der Waals surface area (Å²) in [6, 6.07) is 0. The first-order valence-electron chi connectivity index (χ1n) is 6.58. The first-order valence-corrected chi connectivity index (χ1v) is 9.71. The van der Waals surface area contributed by atoms with E-state index >= 15 is 0 Å². The maximum atomic E-state index is 12.8. The van der Waals surface area contributed by atoms with Crippen LogP contribution in [0.15, 0.2) is 0 Å². The van der Waals surface area contributed by atoms with Crippen molar-refractivity contribution < 1.29 is 13.6 Å². The zero-order chi connectivity index (χ0) is 15.3. The van der Waals surface area contributed by atoms with Crippen LogP contribution in [-0.2, 0) is 13.6 Å². The Morgan fingerprint density at radius 3 is 2.00 bits per heavy atom. The van der Waals surface area contributed by atoms with Gasteiger partial charge in [0.2, 0.25) is 0 Å². The number of rotatable bonds is 7. The van der Waals surface area contributed by atoms with Gasteiger partial charge in [0.05, 0.1) is 12.2 Å². The molecule has 0 aliphatic rings. The van der Waals surface area contributed by atoms with Gasteiger partial charge in [-0.3, -0.25) is 4.52 Å². The van der Waals surface area contributed by atoms with Crippen molar-refractivity contribution in [3.8, 4) is 0 Å². The Kier molecular flexibility index (Phi) is 7.64. The second-order valence-corrected chi connectivity index (χ2v) is 11.2. The topological polar surface area (TPSA) is 38.8 Å². The van der Waals surface area contributed by atoms with Crippen LogP contribution in [0.25, 0.3) is 0 Å². The summed E-state index contributed by atoms with van der Waals surface area (Å²) in [6.07, 6.45) is 0. The average molecular weight is 311 g/mol. The van der Waals surface area contributed by atoms with E-state index in [2.05, 4.69) is 25.7 Å². The zero-order valence-corrected chi connectivity index (χ0v) is 15.4. The third kappa shape index (κ3) is 11.9. The molecule has 0 saturated heterocycles. The second kappa shape index (κ2) is 7.46. The molecule has 0 radical (unpaired) electrons. The third-order valence-electron chi connectivity index (χ3n) is 1.83. The SMILES string of the molecule is CN(C)CCSP(=O)(OCC(C)(C)C)OC(C)(C)C. The van der Waals surface area contributed by atoms with Crippen molar-refractivity contribution in [3.05, 3.63) is 0 Å². The Hall–Kier alpha value is 0.460. The highest BCUT2D eigenvalue weighted by Gasteiger charge is 2.33. The van der Waals surface area contributed by atoms with Gasteiger partial charge in [-0.05, 0) is 51.7 Å². The van der Waals surface area contributed by atoms with E-state index in [4.69, 9.17) is 9.05 Å². The van der Waals surface area contributed by atoms with E-state index in [1.807, 2.05) is 34.9 Å². The number of hydrogen-bond acceptors (Lipinski definition) is 5. The van der Waals surface area contributed by atoms with Gasteiger partial charge in [0, 0.05) is 12.3 Å². The van der Waals surface area contributed by atoms with Crippen LogP contribution in [0.2, 0.25) is 0 Å². The van der Waals surface area contributed by atoms with Gasteiger partial charge in [-0.2, -0.15) is 0 Å². The lowest BCUT2D eigenvalue weighted by Gasteiger charge is -2.29. The predicted molar refractivity (Wildman–Crippen MR) is 84.9 cm³/mol. The van der Waals surface area contributed by atoms with E-state index in [1.54, 1.807) is 0 Å². The summed E-state index contributed by atoms with van der Waals surface area (Å²) in [5.41, 5.74) is -0.502. The van der Waals surface area contributed by atoms with Gasteiger partial charge in [-0.25, -0.2) is 4.57 Å². The van der Waals surface area contributed by atoms with Gasteiger partial charge in [0.25, 0.3) is 0 Å². The quantitative estimate of drug-likeness (QED) is 0.657. The molecule has 0 aromatic carbocycles. The molecule has 0 fully saturated rings. The molecule has 1 unspecified atom stereocenters. The molecule has 0 heterocycles. The second-order valence-electron chi connectivity index (χ2n) is 7.12. The minimum atomic E-state index is -3.10. The van der Waals surface area contributed by atoms with E-state index < -0.39 is 12.4 Å². The average Bonchev–Trinajstić information content (AvgIpc) is 2.10. The minimum Gasteiger partial charge on any atom is -0.309 e. The minimum absolute atomic E-state index is 0.0288. The Labute approximate surface area is 122 Å². The van der Waals surface area contributed by atoms with Crippen molar-refractivity contribution in [1.29, 1.82) is 0 Å². The van der Waals surface area contributed by atoms with Crippen LogP contribution in [0, 0.1) is 5.41 Å². The summed E-state index contributed by atoms with van der Waals surface area (Å²) in [5.74, 6) is 0.727. The van der Waals surface area contributed by atoms with Crippen molar-refractivity contribution >= 4 is 18.2 Å². The lowest BCUT2D eigenvalue weighted by molar-refractivity contribution is 0.0892. The van der Waals surface area contributed by atoms with Crippen LogP contribution in [0.1, 0.15) is 41.5 Å². The summed E-state index contributed by atoms with van der Waals surface area (Å²) in [6.45, 7) is 10.0. The van der Waals surface area contributed by atoms with Crippen LogP contribution in [0.5, 0.6) is 0 Å². The summed E-state index contributed by atoms with van der Waals surface area (Å²) in [4.78, 5) is 2.05. The van der Waals surface area contributed by atoms with Crippen LogP contribution in [0.3, 0.4) is 0 Å². The molecule has 0 N–H and O–H groups in total. The molecule has 0 spiro atoms. The summed E-state index contributed by atoms with van der Waals surface area (Å²) >= 11 is 1.29. The molecule has 0 aromatic heterocycles. The van der Waals surface area contributed by atoms with Crippen molar-refractivity contribution in [3.63, 3.8) is 0 Å². The van der Waals surface area contributed by atoms with E-state index in [9.17, 15) is 4.57 Å². The highest BCUT2D eigenvalue weighted by atomic mass is 32.7. The van der Waals surface area contributed by atoms with Crippen molar-refractivity contribution in [1.82, 2.24) is 4.90 Å². The fourth-order valence-electron chi connectivity index (χ4n) is 1.03. The van der Waals surface area contributed by atoms with Crippen molar-refractivity contribution in [2.75, 3.05) is 33.0 Å². The molecule has 116 valence electrons. The largest absolute Gasteiger partial charge is 0.389 e. The molecular weight excluding hydrogens is 281 g/mol. The molecule has 0 amide bonds. The maximum Gasteiger partial charge on any atom is 0.389 e.